The van der Waals surface area contributed by atoms with E-state index in [2.05, 4.69) is 51.6 Å². The van der Waals surface area contributed by atoms with Gasteiger partial charge >= 0.3 is 0 Å². The van der Waals surface area contributed by atoms with Crippen LogP contribution in [-0.4, -0.2) is 51.3 Å². The number of hydrogen-bond acceptors (Lipinski definition) is 7. The molecule has 2 aromatic heterocycles. The van der Waals surface area contributed by atoms with Crippen molar-refractivity contribution >= 4 is 34.3 Å². The van der Waals surface area contributed by atoms with Crippen LogP contribution in [0.25, 0.3) is 27.8 Å². The number of carbonyl (C=O) groups excluding carboxylic acids is 2. The summed E-state index contributed by atoms with van der Waals surface area (Å²) in [5.74, 6) is -0.768. The Morgan fingerprint density at radius 3 is 2.61 bits per heavy atom. The summed E-state index contributed by atoms with van der Waals surface area (Å²) >= 11 is 0. The van der Waals surface area contributed by atoms with Crippen LogP contribution in [0.3, 0.4) is 0 Å². The first-order chi connectivity index (χ1) is 20.0. The Morgan fingerprint density at radius 1 is 0.951 bits per heavy atom. The highest BCUT2D eigenvalue weighted by molar-refractivity contribution is 6.08. The van der Waals surface area contributed by atoms with Crippen molar-refractivity contribution in [1.29, 1.82) is 0 Å². The molecule has 2 aliphatic rings. The molecule has 4 heterocycles. The third-order valence-corrected chi connectivity index (χ3v) is 8.05. The van der Waals surface area contributed by atoms with E-state index in [1.165, 1.54) is 34.7 Å². The van der Waals surface area contributed by atoms with E-state index >= 15 is 0 Å². The number of aromatic nitrogens is 3. The lowest BCUT2D eigenvalue weighted by molar-refractivity contribution is 0.0979. The normalized spacial score (nSPS) is 15.1. The molecule has 7 rings (SSSR count). The first-order valence-electron chi connectivity index (χ1n) is 13.8. The molecule has 2 aliphatic heterocycles. The van der Waals surface area contributed by atoms with Crippen molar-refractivity contribution in [2.45, 2.75) is 25.8 Å². The SMILES string of the molecule is NC(=O)c1cc(C(=O)N2CCc3cc(-c4ccccc4CN4CCCC4)ccc32)n(-c2ccc3onc(N)c3c2)n1. The average molecular weight is 548 g/mol. The Balaban J connectivity index is 1.22. The van der Waals surface area contributed by atoms with E-state index in [1.807, 2.05) is 6.07 Å². The maximum Gasteiger partial charge on any atom is 0.277 e. The Bertz CT molecular complexity index is 1820. The van der Waals surface area contributed by atoms with Crippen molar-refractivity contribution < 1.29 is 14.1 Å². The van der Waals surface area contributed by atoms with E-state index in [0.29, 0.717) is 23.2 Å². The maximum atomic E-state index is 14.0. The number of benzene rings is 3. The molecule has 1 fully saturated rings. The van der Waals surface area contributed by atoms with Gasteiger partial charge in [0.25, 0.3) is 11.8 Å². The molecular formula is C31H29N7O3. The molecular weight excluding hydrogens is 518 g/mol. The molecule has 0 spiro atoms. The highest BCUT2D eigenvalue weighted by atomic mass is 16.5. The minimum Gasteiger partial charge on any atom is -0.380 e. The third kappa shape index (κ3) is 4.42. The van der Waals surface area contributed by atoms with Crippen LogP contribution in [-0.2, 0) is 13.0 Å². The second-order valence-corrected chi connectivity index (χ2v) is 10.6. The molecule has 0 aliphatic carbocycles. The van der Waals surface area contributed by atoms with Crippen molar-refractivity contribution in [3.05, 3.63) is 89.2 Å². The predicted octanol–water partition coefficient (Wildman–Crippen LogP) is 4.16. The molecule has 0 saturated carbocycles. The van der Waals surface area contributed by atoms with Crippen molar-refractivity contribution in [3.8, 4) is 16.8 Å². The molecule has 41 heavy (non-hydrogen) atoms. The number of hydrogen-bond donors (Lipinski definition) is 2. The topological polar surface area (TPSA) is 137 Å². The monoisotopic (exact) mass is 547 g/mol. The fraction of sp³-hybridized carbons (Fsp3) is 0.226. The first kappa shape index (κ1) is 25.0. The van der Waals surface area contributed by atoms with Crippen LogP contribution < -0.4 is 16.4 Å². The highest BCUT2D eigenvalue weighted by Gasteiger charge is 2.30. The second-order valence-electron chi connectivity index (χ2n) is 10.6. The molecule has 10 nitrogen and oxygen atoms in total. The number of nitrogens with zero attached hydrogens (tertiary/aromatic N) is 5. The van der Waals surface area contributed by atoms with Gasteiger partial charge in [-0.05, 0) is 84.9 Å². The first-order valence-corrected chi connectivity index (χ1v) is 13.8. The molecule has 3 aromatic carbocycles. The van der Waals surface area contributed by atoms with Crippen LogP contribution in [0.4, 0.5) is 11.5 Å². The van der Waals surface area contributed by atoms with Crippen molar-refractivity contribution in [3.63, 3.8) is 0 Å². The molecule has 0 unspecified atom stereocenters. The summed E-state index contributed by atoms with van der Waals surface area (Å²) in [7, 11) is 0. The molecule has 5 aromatic rings. The Labute approximate surface area is 236 Å². The van der Waals surface area contributed by atoms with Crippen molar-refractivity contribution in [2.24, 2.45) is 5.73 Å². The van der Waals surface area contributed by atoms with Gasteiger partial charge in [-0.1, -0.05) is 35.5 Å². The Kier molecular flexibility index (Phi) is 6.05. The standard InChI is InChI=1S/C31H29N7O3/c32-29-24-16-22(8-10-28(24)41-35-29)38-27(17-25(34-38)30(33)39)31(40)37-14-11-20-15-19(7-9-26(20)37)23-6-2-1-5-21(23)18-36-12-3-4-13-36/h1-2,5-10,15-17H,3-4,11-14,18H2,(H2,32,35)(H2,33,39). The van der Waals surface area contributed by atoms with Gasteiger partial charge in [0.1, 0.15) is 5.69 Å². The molecule has 1 saturated heterocycles. The predicted molar refractivity (Wildman–Crippen MR) is 156 cm³/mol. The van der Waals surface area contributed by atoms with E-state index in [9.17, 15) is 9.59 Å². The minimum absolute atomic E-state index is 0.00360. The second kappa shape index (κ2) is 9.90. The number of nitrogen functional groups attached to an aromatic ring is 1. The van der Waals surface area contributed by atoms with Gasteiger partial charge in [0.2, 0.25) is 0 Å². The number of fused-ring (bicyclic) bond motifs is 2. The Hall–Kier alpha value is -4.96. The van der Waals surface area contributed by atoms with Crippen molar-refractivity contribution in [2.75, 3.05) is 30.3 Å². The average Bonchev–Trinajstić information content (AvgIpc) is 3.79. The van der Waals surface area contributed by atoms with E-state index in [0.717, 1.165) is 42.9 Å². The number of rotatable bonds is 6. The minimum atomic E-state index is -0.720. The summed E-state index contributed by atoms with van der Waals surface area (Å²) in [5.41, 5.74) is 18.4. The van der Waals surface area contributed by atoms with E-state index in [1.54, 1.807) is 23.1 Å². The number of primary amides is 1. The van der Waals surface area contributed by atoms with Crippen LogP contribution in [0, 0.1) is 0 Å². The summed E-state index contributed by atoms with van der Waals surface area (Å²) in [4.78, 5) is 30.3. The lowest BCUT2D eigenvalue weighted by Crippen LogP contribution is -2.30. The van der Waals surface area contributed by atoms with Crippen molar-refractivity contribution in [1.82, 2.24) is 19.8 Å². The fourth-order valence-electron chi connectivity index (χ4n) is 5.97. The largest absolute Gasteiger partial charge is 0.380 e. The molecule has 4 N–H and O–H groups in total. The molecule has 10 heteroatoms. The lowest BCUT2D eigenvalue weighted by Gasteiger charge is -2.20. The van der Waals surface area contributed by atoms with Crippen LogP contribution in [0.5, 0.6) is 0 Å². The van der Waals surface area contributed by atoms with E-state index < -0.39 is 5.91 Å². The number of amides is 2. The van der Waals surface area contributed by atoms with Crippen LogP contribution in [0.2, 0.25) is 0 Å². The molecule has 0 radical (unpaired) electrons. The fourth-order valence-corrected chi connectivity index (χ4v) is 5.97. The van der Waals surface area contributed by atoms with Gasteiger partial charge in [-0.2, -0.15) is 5.10 Å². The maximum absolute atomic E-state index is 14.0. The van der Waals surface area contributed by atoms with Crippen LogP contribution in [0.15, 0.2) is 71.3 Å². The zero-order valence-corrected chi connectivity index (χ0v) is 22.4. The summed E-state index contributed by atoms with van der Waals surface area (Å²) in [6, 6.07) is 21.4. The van der Waals surface area contributed by atoms with Gasteiger partial charge in [-0.25, -0.2) is 4.68 Å². The van der Waals surface area contributed by atoms with Gasteiger partial charge in [0.05, 0.1) is 11.1 Å². The summed E-state index contributed by atoms with van der Waals surface area (Å²) in [5, 5.41) is 8.73. The number of carbonyl (C=O) groups is 2. The van der Waals surface area contributed by atoms with Gasteiger partial charge in [-0.15, -0.1) is 0 Å². The summed E-state index contributed by atoms with van der Waals surface area (Å²) in [6.07, 6.45) is 3.24. The Morgan fingerprint density at radius 2 is 1.78 bits per heavy atom. The molecule has 206 valence electrons. The summed E-state index contributed by atoms with van der Waals surface area (Å²) in [6.45, 7) is 3.74. The number of nitrogens with two attached hydrogens (primary N) is 2. The van der Waals surface area contributed by atoms with Gasteiger partial charge < -0.3 is 20.9 Å². The quantitative estimate of drug-likeness (QED) is 0.326. The third-order valence-electron chi connectivity index (χ3n) is 8.05. The molecule has 0 bridgehead atoms. The van der Waals surface area contributed by atoms with Gasteiger partial charge in [0, 0.05) is 24.8 Å². The van der Waals surface area contributed by atoms with Gasteiger partial charge in [-0.3, -0.25) is 14.5 Å². The van der Waals surface area contributed by atoms with Gasteiger partial charge in [0.15, 0.2) is 17.1 Å². The smallest absolute Gasteiger partial charge is 0.277 e. The van der Waals surface area contributed by atoms with Crippen LogP contribution >= 0.6 is 0 Å². The highest BCUT2D eigenvalue weighted by Crippen LogP contribution is 2.35. The van der Waals surface area contributed by atoms with E-state index in [-0.39, 0.29) is 23.1 Å². The molecule has 2 amide bonds. The van der Waals surface area contributed by atoms with E-state index in [4.69, 9.17) is 16.0 Å². The zero-order chi connectivity index (χ0) is 28.1. The summed E-state index contributed by atoms with van der Waals surface area (Å²) < 4.78 is 6.63. The molecule has 0 atom stereocenters. The number of anilines is 2. The zero-order valence-electron chi connectivity index (χ0n) is 22.4. The lowest BCUT2D eigenvalue weighted by atomic mass is 9.97. The number of likely N-dealkylation sites (tertiary alicyclic amines) is 1. The van der Waals surface area contributed by atoms with Crippen LogP contribution in [0.1, 0.15) is 44.9 Å².